The van der Waals surface area contributed by atoms with E-state index in [1.165, 1.54) is 0 Å². The molecule has 1 N–H and O–H groups in total. The summed E-state index contributed by atoms with van der Waals surface area (Å²) in [5.74, 6) is 0.649. The van der Waals surface area contributed by atoms with Crippen LogP contribution in [0.2, 0.25) is 0 Å². The highest BCUT2D eigenvalue weighted by molar-refractivity contribution is 9.10. The molecule has 1 aromatic carbocycles. The molecular weight excluding hydrogens is 308 g/mol. The molecule has 1 aliphatic heterocycles. The predicted octanol–water partition coefficient (Wildman–Crippen LogP) is 2.20. The average Bonchev–Trinajstić information content (AvgIpc) is 2.57. The van der Waals surface area contributed by atoms with Crippen molar-refractivity contribution < 1.29 is 4.79 Å². The van der Waals surface area contributed by atoms with Crippen LogP contribution in [0.15, 0.2) is 41.3 Å². The molecule has 0 saturated carbocycles. The minimum Gasteiger partial charge on any atom is -0.342 e. The highest BCUT2D eigenvalue weighted by Crippen LogP contribution is 2.26. The zero-order valence-electron chi connectivity index (χ0n) is 10.0. The largest absolute Gasteiger partial charge is 0.342 e. The van der Waals surface area contributed by atoms with E-state index in [-0.39, 0.29) is 12.5 Å². The van der Waals surface area contributed by atoms with Crippen molar-refractivity contribution in [3.05, 3.63) is 46.8 Å². The number of hydrogen-bond acceptors (Lipinski definition) is 4. The summed E-state index contributed by atoms with van der Waals surface area (Å²) in [5, 5.41) is 2.90. The second kappa shape index (κ2) is 4.97. The van der Waals surface area contributed by atoms with Gasteiger partial charge in [-0.3, -0.25) is 9.78 Å². The molecule has 2 heterocycles. The van der Waals surface area contributed by atoms with Crippen molar-refractivity contribution in [2.45, 2.75) is 6.54 Å². The highest BCUT2D eigenvalue weighted by atomic mass is 79.9. The van der Waals surface area contributed by atoms with Crippen LogP contribution in [0.25, 0.3) is 0 Å². The van der Waals surface area contributed by atoms with Gasteiger partial charge in [-0.25, -0.2) is 4.98 Å². The van der Waals surface area contributed by atoms with Crippen LogP contribution in [0.4, 0.5) is 11.5 Å². The lowest BCUT2D eigenvalue weighted by atomic mass is 10.2. The minimum atomic E-state index is -0.0532. The molecule has 1 aromatic heterocycles. The molecule has 19 heavy (non-hydrogen) atoms. The fraction of sp³-hybridized carbons (Fsp3) is 0.154. The van der Waals surface area contributed by atoms with E-state index in [2.05, 4.69) is 31.2 Å². The Morgan fingerprint density at radius 2 is 2.16 bits per heavy atom. The Bertz CT molecular complexity index is 617. The van der Waals surface area contributed by atoms with Crippen LogP contribution in [-0.4, -0.2) is 22.4 Å². The molecule has 0 saturated heterocycles. The normalized spacial score (nSPS) is 14.6. The number of hydrogen-bond donors (Lipinski definition) is 1. The maximum Gasteiger partial charge on any atom is 0.243 e. The van der Waals surface area contributed by atoms with Crippen LogP contribution in [0, 0.1) is 0 Å². The third kappa shape index (κ3) is 2.58. The Kier molecular flexibility index (Phi) is 3.16. The molecule has 0 unspecified atom stereocenters. The molecule has 0 aliphatic carbocycles. The quantitative estimate of drug-likeness (QED) is 0.875. The van der Waals surface area contributed by atoms with Crippen LogP contribution >= 0.6 is 15.9 Å². The molecule has 1 aliphatic rings. The number of carbonyl (C=O) groups is 1. The fourth-order valence-corrected chi connectivity index (χ4v) is 2.41. The van der Waals surface area contributed by atoms with Crippen molar-refractivity contribution in [3.63, 3.8) is 0 Å². The lowest BCUT2D eigenvalue weighted by molar-refractivity contribution is -0.114. The summed E-state index contributed by atoms with van der Waals surface area (Å²) in [7, 11) is 0. The van der Waals surface area contributed by atoms with Crippen LogP contribution in [0.3, 0.4) is 0 Å². The Balaban J connectivity index is 1.98. The topological polar surface area (TPSA) is 58.1 Å². The zero-order chi connectivity index (χ0) is 13.2. The zero-order valence-corrected chi connectivity index (χ0v) is 11.6. The summed E-state index contributed by atoms with van der Waals surface area (Å²) >= 11 is 3.41. The van der Waals surface area contributed by atoms with Gasteiger partial charge in [-0.2, -0.15) is 0 Å². The maximum absolute atomic E-state index is 11.9. The summed E-state index contributed by atoms with van der Waals surface area (Å²) in [6.45, 7) is 0.894. The van der Waals surface area contributed by atoms with Gasteiger partial charge in [0.25, 0.3) is 0 Å². The van der Waals surface area contributed by atoms with Crippen molar-refractivity contribution in [2.75, 3.05) is 16.8 Å². The molecule has 2 aromatic rings. The predicted molar refractivity (Wildman–Crippen MR) is 75.9 cm³/mol. The minimum absolute atomic E-state index is 0.0532. The van der Waals surface area contributed by atoms with Gasteiger partial charge >= 0.3 is 0 Å². The first-order chi connectivity index (χ1) is 9.22. The summed E-state index contributed by atoms with van der Waals surface area (Å²) in [6, 6.07) is 5.87. The molecule has 1 amide bonds. The van der Waals surface area contributed by atoms with E-state index >= 15 is 0 Å². The van der Waals surface area contributed by atoms with Gasteiger partial charge in [0.1, 0.15) is 5.82 Å². The van der Waals surface area contributed by atoms with Gasteiger partial charge in [-0.1, -0.05) is 22.0 Å². The molecule has 0 spiro atoms. The van der Waals surface area contributed by atoms with Gasteiger partial charge < -0.3 is 10.2 Å². The number of fused-ring (bicyclic) bond motifs is 1. The van der Waals surface area contributed by atoms with Gasteiger partial charge in [-0.05, 0) is 17.7 Å². The molecular formula is C13H11BrN4O. The van der Waals surface area contributed by atoms with E-state index in [0.717, 1.165) is 15.7 Å². The molecule has 0 bridgehead atoms. The van der Waals surface area contributed by atoms with Crippen LogP contribution < -0.4 is 10.2 Å². The number of rotatable bonds is 1. The first-order valence-corrected chi connectivity index (χ1v) is 6.61. The molecule has 0 fully saturated rings. The Labute approximate surface area is 118 Å². The maximum atomic E-state index is 11.9. The van der Waals surface area contributed by atoms with Gasteiger partial charge in [0, 0.05) is 29.1 Å². The molecule has 3 rings (SSSR count). The smallest absolute Gasteiger partial charge is 0.243 e. The van der Waals surface area contributed by atoms with Crippen molar-refractivity contribution in [3.8, 4) is 0 Å². The van der Waals surface area contributed by atoms with E-state index in [9.17, 15) is 4.79 Å². The van der Waals surface area contributed by atoms with Gasteiger partial charge in [0.05, 0.1) is 12.7 Å². The Morgan fingerprint density at radius 3 is 2.95 bits per heavy atom. The van der Waals surface area contributed by atoms with Gasteiger partial charge in [-0.15, -0.1) is 0 Å². The Morgan fingerprint density at radius 1 is 1.26 bits per heavy atom. The number of carbonyl (C=O) groups excluding carboxylic acids is 1. The average molecular weight is 319 g/mol. The Hall–Kier alpha value is -1.95. The summed E-state index contributed by atoms with van der Waals surface area (Å²) in [6.07, 6.45) is 4.91. The van der Waals surface area contributed by atoms with E-state index in [0.29, 0.717) is 12.4 Å². The second-order valence-corrected chi connectivity index (χ2v) is 5.18. The number of halogens is 1. The monoisotopic (exact) mass is 318 g/mol. The molecule has 5 nitrogen and oxygen atoms in total. The van der Waals surface area contributed by atoms with Crippen LogP contribution in [0.1, 0.15) is 5.56 Å². The molecule has 0 radical (unpaired) electrons. The SMILES string of the molecule is O=C1CN(c2cnccn2)Cc2ccc(Br)cc2N1. The number of nitrogens with one attached hydrogen (secondary N) is 1. The second-order valence-electron chi connectivity index (χ2n) is 4.27. The number of nitrogens with zero attached hydrogens (tertiary/aromatic N) is 3. The lowest BCUT2D eigenvalue weighted by Gasteiger charge is -2.19. The lowest BCUT2D eigenvalue weighted by Crippen LogP contribution is -2.30. The van der Waals surface area contributed by atoms with Gasteiger partial charge in [0.15, 0.2) is 0 Å². The first kappa shape index (κ1) is 12.1. The summed E-state index contributed by atoms with van der Waals surface area (Å²) < 4.78 is 0.944. The van der Waals surface area contributed by atoms with E-state index in [4.69, 9.17) is 0 Å². The van der Waals surface area contributed by atoms with E-state index in [1.54, 1.807) is 18.6 Å². The van der Waals surface area contributed by atoms with Crippen LogP contribution in [-0.2, 0) is 11.3 Å². The summed E-state index contributed by atoms with van der Waals surface area (Å²) in [5.41, 5.74) is 1.89. The van der Waals surface area contributed by atoms with Crippen molar-refractivity contribution in [1.82, 2.24) is 9.97 Å². The summed E-state index contributed by atoms with van der Waals surface area (Å²) in [4.78, 5) is 22.1. The van der Waals surface area contributed by atoms with Crippen molar-refractivity contribution >= 4 is 33.3 Å². The third-order valence-electron chi connectivity index (χ3n) is 2.92. The number of benzene rings is 1. The molecule has 6 heteroatoms. The molecule has 96 valence electrons. The fourth-order valence-electron chi connectivity index (χ4n) is 2.04. The van der Waals surface area contributed by atoms with E-state index in [1.807, 2.05) is 23.1 Å². The number of amides is 1. The first-order valence-electron chi connectivity index (χ1n) is 5.81. The van der Waals surface area contributed by atoms with Crippen molar-refractivity contribution in [2.24, 2.45) is 0 Å². The van der Waals surface area contributed by atoms with E-state index < -0.39 is 0 Å². The molecule has 0 atom stereocenters. The van der Waals surface area contributed by atoms with Gasteiger partial charge in [0.2, 0.25) is 5.91 Å². The highest BCUT2D eigenvalue weighted by Gasteiger charge is 2.20. The number of aromatic nitrogens is 2. The third-order valence-corrected chi connectivity index (χ3v) is 3.41. The van der Waals surface area contributed by atoms with Crippen LogP contribution in [0.5, 0.6) is 0 Å². The van der Waals surface area contributed by atoms with Crippen molar-refractivity contribution in [1.29, 1.82) is 0 Å². The number of anilines is 2. The standard InChI is InChI=1S/C13H11BrN4O/c14-10-2-1-9-7-18(12-6-15-3-4-16-12)8-13(19)17-11(9)5-10/h1-6H,7-8H2,(H,17,19).